The fourth-order valence-corrected chi connectivity index (χ4v) is 1.65. The van der Waals surface area contributed by atoms with E-state index in [-0.39, 0.29) is 18.3 Å². The van der Waals surface area contributed by atoms with Crippen LogP contribution in [0, 0.1) is 10.1 Å². The van der Waals surface area contributed by atoms with Crippen molar-refractivity contribution in [2.75, 3.05) is 0 Å². The molecule has 0 aliphatic carbocycles. The van der Waals surface area contributed by atoms with Crippen LogP contribution in [0.5, 0.6) is 5.75 Å². The van der Waals surface area contributed by atoms with Gasteiger partial charge in [0.2, 0.25) is 0 Å². The first kappa shape index (κ1) is 13.1. The third-order valence-corrected chi connectivity index (χ3v) is 2.69. The molecule has 6 nitrogen and oxygen atoms in total. The van der Waals surface area contributed by atoms with Gasteiger partial charge in [-0.15, -0.1) is 0 Å². The minimum absolute atomic E-state index is 0.0683. The Morgan fingerprint density at radius 3 is 2.79 bits per heavy atom. The number of para-hydroxylation sites is 1. The molecule has 100 valence electrons. The molecule has 0 fully saturated rings. The molecular weight excluding hydrogens is 246 g/mol. The lowest BCUT2D eigenvalue weighted by molar-refractivity contribution is -0.385. The Morgan fingerprint density at radius 1 is 1.42 bits per heavy atom. The average Bonchev–Trinajstić information content (AvgIpc) is 2.85. The van der Waals surface area contributed by atoms with Crippen LogP contribution in [0.2, 0.25) is 0 Å². The van der Waals surface area contributed by atoms with Crippen molar-refractivity contribution in [1.29, 1.82) is 0 Å². The standard InChI is InChI=1S/C13H15N3O3/c1-10(2)15-8-12(7-14-15)19-9-11-5-3-4-6-13(11)16(17)18/h3-8,10H,9H2,1-2H3. The van der Waals surface area contributed by atoms with Gasteiger partial charge in [0.05, 0.1) is 22.9 Å². The molecule has 2 rings (SSSR count). The molecule has 0 amide bonds. The predicted molar refractivity (Wildman–Crippen MR) is 70.0 cm³/mol. The number of nitrogens with zero attached hydrogens (tertiary/aromatic N) is 3. The van der Waals surface area contributed by atoms with E-state index in [4.69, 9.17) is 4.74 Å². The summed E-state index contributed by atoms with van der Waals surface area (Å²) >= 11 is 0. The van der Waals surface area contributed by atoms with Crippen molar-refractivity contribution in [1.82, 2.24) is 9.78 Å². The molecule has 0 saturated heterocycles. The second-order valence-electron chi connectivity index (χ2n) is 4.42. The third-order valence-electron chi connectivity index (χ3n) is 2.69. The number of benzene rings is 1. The van der Waals surface area contributed by atoms with Gasteiger partial charge >= 0.3 is 0 Å². The lowest BCUT2D eigenvalue weighted by Gasteiger charge is -2.05. The lowest BCUT2D eigenvalue weighted by atomic mass is 10.2. The first-order chi connectivity index (χ1) is 9.08. The van der Waals surface area contributed by atoms with Crippen LogP contribution in [0.1, 0.15) is 25.5 Å². The average molecular weight is 261 g/mol. The molecule has 1 aromatic carbocycles. The van der Waals surface area contributed by atoms with Crippen LogP contribution >= 0.6 is 0 Å². The van der Waals surface area contributed by atoms with Gasteiger partial charge in [0.15, 0.2) is 5.75 Å². The van der Waals surface area contributed by atoms with E-state index in [0.29, 0.717) is 11.3 Å². The molecule has 0 unspecified atom stereocenters. The van der Waals surface area contributed by atoms with E-state index in [2.05, 4.69) is 5.10 Å². The first-order valence-electron chi connectivity index (χ1n) is 5.97. The highest BCUT2D eigenvalue weighted by Gasteiger charge is 2.13. The molecule has 1 heterocycles. The van der Waals surface area contributed by atoms with E-state index < -0.39 is 4.92 Å². The van der Waals surface area contributed by atoms with Crippen LogP contribution < -0.4 is 4.74 Å². The van der Waals surface area contributed by atoms with Gasteiger partial charge in [-0.2, -0.15) is 5.10 Å². The smallest absolute Gasteiger partial charge is 0.276 e. The minimum atomic E-state index is -0.407. The zero-order chi connectivity index (χ0) is 13.8. The molecule has 0 aliphatic rings. The number of nitro benzene ring substituents is 1. The van der Waals surface area contributed by atoms with Crippen molar-refractivity contribution >= 4 is 5.69 Å². The van der Waals surface area contributed by atoms with Crippen molar-refractivity contribution in [2.45, 2.75) is 26.5 Å². The van der Waals surface area contributed by atoms with Crippen molar-refractivity contribution in [3.63, 3.8) is 0 Å². The summed E-state index contributed by atoms with van der Waals surface area (Å²) in [5.41, 5.74) is 0.614. The van der Waals surface area contributed by atoms with Gasteiger partial charge in [-0.05, 0) is 19.9 Å². The van der Waals surface area contributed by atoms with Gasteiger partial charge in [-0.3, -0.25) is 14.8 Å². The van der Waals surface area contributed by atoms with E-state index in [1.165, 1.54) is 6.07 Å². The maximum absolute atomic E-state index is 10.9. The predicted octanol–water partition coefficient (Wildman–Crippen LogP) is 2.95. The number of hydrogen-bond acceptors (Lipinski definition) is 4. The van der Waals surface area contributed by atoms with Crippen LogP contribution in [0.15, 0.2) is 36.7 Å². The number of nitro groups is 1. The highest BCUT2D eigenvalue weighted by atomic mass is 16.6. The maximum atomic E-state index is 10.9. The van der Waals surface area contributed by atoms with Gasteiger partial charge < -0.3 is 4.74 Å². The topological polar surface area (TPSA) is 70.2 Å². The summed E-state index contributed by atoms with van der Waals surface area (Å²) in [4.78, 5) is 10.5. The van der Waals surface area contributed by atoms with Crippen LogP contribution in [-0.2, 0) is 6.61 Å². The fourth-order valence-electron chi connectivity index (χ4n) is 1.65. The molecule has 19 heavy (non-hydrogen) atoms. The summed E-state index contributed by atoms with van der Waals surface area (Å²) in [5.74, 6) is 0.604. The molecule has 6 heteroatoms. The van der Waals surface area contributed by atoms with Gasteiger partial charge in [0, 0.05) is 12.1 Å². The van der Waals surface area contributed by atoms with Crippen LogP contribution in [0.3, 0.4) is 0 Å². The zero-order valence-electron chi connectivity index (χ0n) is 10.8. The van der Waals surface area contributed by atoms with Crippen LogP contribution in [0.25, 0.3) is 0 Å². The molecule has 0 bridgehead atoms. The molecule has 1 aromatic heterocycles. The Labute approximate surface area is 110 Å². The van der Waals surface area contributed by atoms with E-state index in [1.54, 1.807) is 35.3 Å². The molecule has 0 radical (unpaired) electrons. The second-order valence-corrected chi connectivity index (χ2v) is 4.42. The number of hydrogen-bond donors (Lipinski definition) is 0. The Balaban J connectivity index is 2.08. The molecule has 0 atom stereocenters. The Morgan fingerprint density at radius 2 is 2.16 bits per heavy atom. The summed E-state index contributed by atoms with van der Waals surface area (Å²) in [7, 11) is 0. The van der Waals surface area contributed by atoms with Gasteiger partial charge in [-0.25, -0.2) is 0 Å². The SMILES string of the molecule is CC(C)n1cc(OCc2ccccc2[N+](=O)[O-])cn1. The maximum Gasteiger partial charge on any atom is 0.276 e. The van der Waals surface area contributed by atoms with Crippen molar-refractivity contribution in [3.8, 4) is 5.75 Å². The largest absolute Gasteiger partial charge is 0.485 e. The monoisotopic (exact) mass is 261 g/mol. The van der Waals surface area contributed by atoms with E-state index in [0.717, 1.165) is 0 Å². The van der Waals surface area contributed by atoms with Crippen molar-refractivity contribution in [2.24, 2.45) is 0 Å². The molecular formula is C13H15N3O3. The summed E-state index contributed by atoms with van der Waals surface area (Å²) in [6.07, 6.45) is 3.38. The van der Waals surface area contributed by atoms with E-state index >= 15 is 0 Å². The molecule has 0 spiro atoms. The summed E-state index contributed by atoms with van der Waals surface area (Å²) in [5, 5.41) is 15.0. The lowest BCUT2D eigenvalue weighted by Crippen LogP contribution is -2.01. The normalized spacial score (nSPS) is 10.7. The molecule has 0 N–H and O–H groups in total. The zero-order valence-corrected chi connectivity index (χ0v) is 10.8. The van der Waals surface area contributed by atoms with E-state index in [1.807, 2.05) is 13.8 Å². The molecule has 0 saturated carbocycles. The minimum Gasteiger partial charge on any atom is -0.485 e. The highest BCUT2D eigenvalue weighted by molar-refractivity contribution is 5.39. The van der Waals surface area contributed by atoms with E-state index in [9.17, 15) is 10.1 Å². The number of ether oxygens (including phenoxy) is 1. The highest BCUT2D eigenvalue weighted by Crippen LogP contribution is 2.20. The fraction of sp³-hybridized carbons (Fsp3) is 0.308. The van der Waals surface area contributed by atoms with Crippen molar-refractivity contribution in [3.05, 3.63) is 52.3 Å². The number of rotatable bonds is 5. The Kier molecular flexibility index (Phi) is 3.79. The van der Waals surface area contributed by atoms with Gasteiger partial charge in [0.1, 0.15) is 6.61 Å². The van der Waals surface area contributed by atoms with Crippen molar-refractivity contribution < 1.29 is 9.66 Å². The number of aromatic nitrogens is 2. The quantitative estimate of drug-likeness (QED) is 0.612. The van der Waals surface area contributed by atoms with Gasteiger partial charge in [-0.1, -0.05) is 12.1 Å². The second kappa shape index (κ2) is 5.51. The Bertz CT molecular complexity index is 578. The molecule has 0 aliphatic heterocycles. The Hall–Kier alpha value is -2.37. The van der Waals surface area contributed by atoms with Crippen LogP contribution in [-0.4, -0.2) is 14.7 Å². The summed E-state index contributed by atoms with van der Waals surface area (Å²) < 4.78 is 7.30. The van der Waals surface area contributed by atoms with Crippen LogP contribution in [0.4, 0.5) is 5.69 Å². The van der Waals surface area contributed by atoms with Gasteiger partial charge in [0.25, 0.3) is 5.69 Å². The first-order valence-corrected chi connectivity index (χ1v) is 5.97. The molecule has 2 aromatic rings. The summed E-state index contributed by atoms with van der Waals surface area (Å²) in [6, 6.07) is 6.80. The summed E-state index contributed by atoms with van der Waals surface area (Å²) in [6.45, 7) is 4.18. The third kappa shape index (κ3) is 3.09.